The van der Waals surface area contributed by atoms with Gasteiger partial charge in [0.25, 0.3) is 0 Å². The first-order chi connectivity index (χ1) is 8.18. The number of carbonyl (C=O) groups is 1. The van der Waals surface area contributed by atoms with Gasteiger partial charge in [-0.3, -0.25) is 4.79 Å². The highest BCUT2D eigenvalue weighted by molar-refractivity contribution is 5.79. The van der Waals surface area contributed by atoms with Gasteiger partial charge in [-0.05, 0) is 31.4 Å². The van der Waals surface area contributed by atoms with Crippen molar-refractivity contribution in [3.8, 4) is 0 Å². The number of rotatable bonds is 3. The summed E-state index contributed by atoms with van der Waals surface area (Å²) < 4.78 is 0. The number of amides is 1. The van der Waals surface area contributed by atoms with Crippen LogP contribution >= 0.6 is 0 Å². The molecule has 0 aromatic heterocycles. The van der Waals surface area contributed by atoms with Crippen molar-refractivity contribution in [2.75, 3.05) is 5.73 Å². The molecule has 2 rings (SSSR count). The summed E-state index contributed by atoms with van der Waals surface area (Å²) in [5.41, 5.74) is 7.64. The zero-order valence-electron chi connectivity index (χ0n) is 10.3. The predicted molar refractivity (Wildman–Crippen MR) is 69.4 cm³/mol. The van der Waals surface area contributed by atoms with Gasteiger partial charge in [0.05, 0.1) is 6.04 Å². The van der Waals surface area contributed by atoms with E-state index in [2.05, 4.69) is 5.32 Å². The van der Waals surface area contributed by atoms with Crippen molar-refractivity contribution in [3.05, 3.63) is 29.8 Å². The Hall–Kier alpha value is -1.51. The Balaban J connectivity index is 1.99. The first-order valence-corrected chi connectivity index (χ1v) is 6.33. The fourth-order valence-corrected chi connectivity index (χ4v) is 2.50. The van der Waals surface area contributed by atoms with Crippen molar-refractivity contribution >= 4 is 11.6 Å². The Labute approximate surface area is 102 Å². The molecule has 17 heavy (non-hydrogen) atoms. The van der Waals surface area contributed by atoms with Gasteiger partial charge in [-0.25, -0.2) is 0 Å². The van der Waals surface area contributed by atoms with Crippen molar-refractivity contribution in [2.45, 2.75) is 38.6 Å². The minimum Gasteiger partial charge on any atom is -0.398 e. The van der Waals surface area contributed by atoms with E-state index < -0.39 is 0 Å². The van der Waals surface area contributed by atoms with Crippen LogP contribution in [0.1, 0.15) is 44.2 Å². The molecule has 1 atom stereocenters. The summed E-state index contributed by atoms with van der Waals surface area (Å²) in [6, 6.07) is 7.68. The Morgan fingerprint density at radius 2 is 2.00 bits per heavy atom. The highest BCUT2D eigenvalue weighted by Gasteiger charge is 2.24. The molecule has 0 saturated heterocycles. The van der Waals surface area contributed by atoms with Crippen molar-refractivity contribution in [1.82, 2.24) is 5.32 Å². The summed E-state index contributed by atoms with van der Waals surface area (Å²) in [6.45, 7) is 1.98. The van der Waals surface area contributed by atoms with Gasteiger partial charge in [0, 0.05) is 11.6 Å². The second kappa shape index (κ2) is 5.21. The van der Waals surface area contributed by atoms with E-state index in [4.69, 9.17) is 5.73 Å². The van der Waals surface area contributed by atoms with E-state index in [1.54, 1.807) is 0 Å². The molecule has 92 valence electrons. The summed E-state index contributed by atoms with van der Waals surface area (Å²) >= 11 is 0. The maximum atomic E-state index is 12.0. The average Bonchev–Trinajstić information content (AvgIpc) is 2.82. The van der Waals surface area contributed by atoms with Crippen LogP contribution in [0.4, 0.5) is 5.69 Å². The standard InChI is InChI=1S/C14H20N2O/c1-10(12-8-4-5-9-13(12)15)16-14(17)11-6-2-3-7-11/h4-5,8-11H,2-3,6-7,15H2,1H3,(H,16,17). The lowest BCUT2D eigenvalue weighted by Gasteiger charge is -2.18. The molecule has 3 nitrogen and oxygen atoms in total. The molecule has 3 N–H and O–H groups in total. The van der Waals surface area contributed by atoms with E-state index in [1.165, 1.54) is 12.8 Å². The maximum Gasteiger partial charge on any atom is 0.223 e. The Kier molecular flexibility index (Phi) is 3.67. The quantitative estimate of drug-likeness (QED) is 0.787. The maximum absolute atomic E-state index is 12.0. The first-order valence-electron chi connectivity index (χ1n) is 6.33. The molecule has 1 aromatic carbocycles. The summed E-state index contributed by atoms with van der Waals surface area (Å²) in [5.74, 6) is 0.389. The second-order valence-corrected chi connectivity index (χ2v) is 4.84. The zero-order valence-corrected chi connectivity index (χ0v) is 10.3. The minimum atomic E-state index is -0.00991. The molecule has 0 bridgehead atoms. The number of benzene rings is 1. The summed E-state index contributed by atoms with van der Waals surface area (Å²) in [5, 5.41) is 3.06. The van der Waals surface area contributed by atoms with Gasteiger partial charge in [0.1, 0.15) is 0 Å². The highest BCUT2D eigenvalue weighted by Crippen LogP contribution is 2.26. The van der Waals surface area contributed by atoms with E-state index in [0.29, 0.717) is 0 Å². The highest BCUT2D eigenvalue weighted by atomic mass is 16.1. The smallest absolute Gasteiger partial charge is 0.223 e. The topological polar surface area (TPSA) is 55.1 Å². The van der Waals surface area contributed by atoms with Crippen LogP contribution in [0.2, 0.25) is 0 Å². The van der Waals surface area contributed by atoms with Gasteiger partial charge in [-0.1, -0.05) is 31.0 Å². The summed E-state index contributed by atoms with van der Waals surface area (Å²) in [6.07, 6.45) is 4.42. The molecule has 1 aliphatic carbocycles. The molecule has 1 unspecified atom stereocenters. The number of hydrogen-bond donors (Lipinski definition) is 2. The predicted octanol–water partition coefficient (Wildman–Crippen LogP) is 2.64. The van der Waals surface area contributed by atoms with Crippen molar-refractivity contribution in [1.29, 1.82) is 0 Å². The molecule has 0 heterocycles. The zero-order chi connectivity index (χ0) is 12.3. The molecule has 0 aliphatic heterocycles. The number of anilines is 1. The van der Waals surface area contributed by atoms with Gasteiger partial charge in [-0.2, -0.15) is 0 Å². The number of hydrogen-bond acceptors (Lipinski definition) is 2. The fourth-order valence-electron chi connectivity index (χ4n) is 2.50. The van der Waals surface area contributed by atoms with Crippen LogP contribution in [0, 0.1) is 5.92 Å². The molecule has 3 heteroatoms. The van der Waals surface area contributed by atoms with Crippen LogP contribution in [0.5, 0.6) is 0 Å². The van der Waals surface area contributed by atoms with E-state index in [9.17, 15) is 4.79 Å². The van der Waals surface area contributed by atoms with Gasteiger partial charge < -0.3 is 11.1 Å². The third kappa shape index (κ3) is 2.78. The molecular formula is C14H20N2O. The van der Waals surface area contributed by atoms with Gasteiger partial charge >= 0.3 is 0 Å². The minimum absolute atomic E-state index is 0.00991. The molecular weight excluding hydrogens is 212 g/mol. The molecule has 1 amide bonds. The molecule has 1 aromatic rings. The monoisotopic (exact) mass is 232 g/mol. The second-order valence-electron chi connectivity index (χ2n) is 4.84. The Morgan fingerprint density at radius 3 is 2.65 bits per heavy atom. The first kappa shape index (κ1) is 12.0. The van der Waals surface area contributed by atoms with Crippen LogP contribution in [0.15, 0.2) is 24.3 Å². The van der Waals surface area contributed by atoms with Crippen LogP contribution in [-0.4, -0.2) is 5.91 Å². The summed E-state index contributed by atoms with van der Waals surface area (Å²) in [7, 11) is 0. The van der Waals surface area contributed by atoms with E-state index >= 15 is 0 Å². The van der Waals surface area contributed by atoms with Gasteiger partial charge in [0.15, 0.2) is 0 Å². The van der Waals surface area contributed by atoms with E-state index in [1.807, 2.05) is 31.2 Å². The lowest BCUT2D eigenvalue weighted by atomic mass is 10.0. The molecule has 0 radical (unpaired) electrons. The Morgan fingerprint density at radius 1 is 1.35 bits per heavy atom. The number of carbonyl (C=O) groups excluding carboxylic acids is 1. The van der Waals surface area contributed by atoms with E-state index in [-0.39, 0.29) is 17.9 Å². The molecule has 1 fully saturated rings. The van der Waals surface area contributed by atoms with Crippen molar-refractivity contribution in [2.24, 2.45) is 5.92 Å². The molecule has 1 aliphatic rings. The van der Waals surface area contributed by atoms with Gasteiger partial charge in [0.2, 0.25) is 5.91 Å². The summed E-state index contributed by atoms with van der Waals surface area (Å²) in [4.78, 5) is 12.0. The number of nitrogens with one attached hydrogen (secondary N) is 1. The average molecular weight is 232 g/mol. The SMILES string of the molecule is CC(NC(=O)C1CCCC1)c1ccccc1N. The lowest BCUT2D eigenvalue weighted by molar-refractivity contribution is -0.125. The van der Waals surface area contributed by atoms with Gasteiger partial charge in [-0.15, -0.1) is 0 Å². The lowest BCUT2D eigenvalue weighted by Crippen LogP contribution is -2.31. The van der Waals surface area contributed by atoms with Crippen LogP contribution < -0.4 is 11.1 Å². The Bertz CT molecular complexity index is 397. The molecule has 1 saturated carbocycles. The van der Waals surface area contributed by atoms with Crippen LogP contribution in [0.25, 0.3) is 0 Å². The van der Waals surface area contributed by atoms with Crippen LogP contribution in [-0.2, 0) is 4.79 Å². The molecule has 0 spiro atoms. The fraction of sp³-hybridized carbons (Fsp3) is 0.500. The number of nitrogens with two attached hydrogens (primary N) is 1. The van der Waals surface area contributed by atoms with Crippen molar-refractivity contribution in [3.63, 3.8) is 0 Å². The van der Waals surface area contributed by atoms with Crippen molar-refractivity contribution < 1.29 is 4.79 Å². The van der Waals surface area contributed by atoms with Crippen LogP contribution in [0.3, 0.4) is 0 Å². The largest absolute Gasteiger partial charge is 0.398 e. The number of para-hydroxylation sites is 1. The normalized spacial score (nSPS) is 17.9. The number of nitrogen functional groups attached to an aromatic ring is 1. The third-order valence-corrected chi connectivity index (χ3v) is 3.55. The third-order valence-electron chi connectivity index (χ3n) is 3.55. The van der Waals surface area contributed by atoms with E-state index in [0.717, 1.165) is 24.1 Å².